The molecular weight excluding hydrogens is 426 g/mol. The molecule has 8 heteroatoms. The van der Waals surface area contributed by atoms with Crippen LogP contribution < -0.4 is 10.5 Å². The molecule has 3 N–H and O–H groups in total. The minimum Gasteiger partial charge on any atom is -0.492 e. The molecule has 1 aromatic heterocycles. The number of nitrogens with one attached hydrogen (secondary N) is 1. The van der Waals surface area contributed by atoms with Crippen LogP contribution in [0.2, 0.25) is 0 Å². The zero-order chi connectivity index (χ0) is 22.7. The van der Waals surface area contributed by atoms with E-state index < -0.39 is 15.3 Å². The number of ketones is 1. The lowest BCUT2D eigenvalue weighted by Gasteiger charge is -2.32. The van der Waals surface area contributed by atoms with E-state index in [-0.39, 0.29) is 17.3 Å². The fourth-order valence-electron chi connectivity index (χ4n) is 4.78. The molecule has 0 unspecified atom stereocenters. The first-order chi connectivity index (χ1) is 15.2. The van der Waals surface area contributed by atoms with Gasteiger partial charge >= 0.3 is 0 Å². The zero-order valence-electron chi connectivity index (χ0n) is 18.3. The predicted molar refractivity (Wildman–Crippen MR) is 125 cm³/mol. The summed E-state index contributed by atoms with van der Waals surface area (Å²) in [4.78, 5) is 18.9. The van der Waals surface area contributed by atoms with Gasteiger partial charge in [-0.15, -0.1) is 0 Å². The Bertz CT molecular complexity index is 1330. The third-order valence-corrected chi connectivity index (χ3v) is 8.31. The number of fused-ring (bicyclic) bond motifs is 4. The summed E-state index contributed by atoms with van der Waals surface area (Å²) in [6.45, 7) is 6.43. The number of aromatic amines is 1. The lowest BCUT2D eigenvalue weighted by atomic mass is 9.71. The van der Waals surface area contributed by atoms with Gasteiger partial charge < -0.3 is 15.5 Å². The maximum absolute atomic E-state index is 13.4. The van der Waals surface area contributed by atoms with E-state index in [0.29, 0.717) is 48.8 Å². The maximum Gasteiger partial charge on any atom is 0.195 e. The normalized spacial score (nSPS) is 19.5. The maximum atomic E-state index is 13.4. The van der Waals surface area contributed by atoms with Crippen LogP contribution in [0.25, 0.3) is 10.9 Å². The van der Waals surface area contributed by atoms with Crippen molar-refractivity contribution < 1.29 is 17.9 Å². The van der Waals surface area contributed by atoms with Crippen molar-refractivity contribution in [1.82, 2.24) is 9.88 Å². The highest BCUT2D eigenvalue weighted by Crippen LogP contribution is 2.44. The van der Waals surface area contributed by atoms with Gasteiger partial charge in [-0.1, -0.05) is 19.9 Å². The van der Waals surface area contributed by atoms with E-state index >= 15 is 0 Å². The predicted octanol–water partition coefficient (Wildman–Crippen LogP) is 2.73. The number of H-pyrrole nitrogens is 1. The van der Waals surface area contributed by atoms with Gasteiger partial charge in [0.2, 0.25) is 0 Å². The number of benzene rings is 2. The van der Waals surface area contributed by atoms with E-state index in [9.17, 15) is 13.2 Å². The Morgan fingerprint density at radius 1 is 1.12 bits per heavy atom. The number of nitrogens with two attached hydrogens (primary N) is 1. The summed E-state index contributed by atoms with van der Waals surface area (Å²) in [6.07, 6.45) is 0. The average molecular weight is 454 g/mol. The molecule has 0 saturated carbocycles. The van der Waals surface area contributed by atoms with Gasteiger partial charge in [0.15, 0.2) is 15.6 Å². The number of sulfone groups is 1. The molecule has 0 spiro atoms. The van der Waals surface area contributed by atoms with Gasteiger partial charge in [0.25, 0.3) is 0 Å². The van der Waals surface area contributed by atoms with Crippen molar-refractivity contribution in [3.63, 3.8) is 0 Å². The molecule has 2 heterocycles. The smallest absolute Gasteiger partial charge is 0.195 e. The fraction of sp³-hybridized carbons (Fsp3) is 0.375. The molecule has 2 aromatic carbocycles. The average Bonchev–Trinajstić information content (AvgIpc) is 3.13. The van der Waals surface area contributed by atoms with Crippen LogP contribution in [0.5, 0.6) is 5.75 Å². The summed E-state index contributed by atoms with van der Waals surface area (Å²) in [5.41, 5.74) is 10.3. The molecule has 32 heavy (non-hydrogen) atoms. The lowest BCUT2D eigenvalue weighted by molar-refractivity contribution is 0.103. The Kier molecular flexibility index (Phi) is 4.83. The van der Waals surface area contributed by atoms with Gasteiger partial charge in [-0.3, -0.25) is 9.69 Å². The van der Waals surface area contributed by atoms with Crippen LogP contribution in [0.1, 0.15) is 41.0 Å². The first-order valence-electron chi connectivity index (χ1n) is 10.8. The van der Waals surface area contributed by atoms with Crippen LogP contribution in [0, 0.1) is 0 Å². The second-order valence-corrected chi connectivity index (χ2v) is 11.5. The largest absolute Gasteiger partial charge is 0.492 e. The lowest BCUT2D eigenvalue weighted by Crippen LogP contribution is -2.42. The van der Waals surface area contributed by atoms with E-state index in [4.69, 9.17) is 10.5 Å². The monoisotopic (exact) mass is 453 g/mol. The Hall–Kier alpha value is -2.84. The molecular formula is C24H27N3O4S. The third kappa shape index (κ3) is 3.47. The highest BCUT2D eigenvalue weighted by molar-refractivity contribution is 7.91. The Morgan fingerprint density at radius 3 is 2.62 bits per heavy atom. The van der Waals surface area contributed by atoms with Crippen LogP contribution in [0.4, 0.5) is 5.69 Å². The van der Waals surface area contributed by atoms with Crippen molar-refractivity contribution in [2.75, 3.05) is 43.5 Å². The number of anilines is 1. The van der Waals surface area contributed by atoms with Crippen molar-refractivity contribution in [1.29, 1.82) is 0 Å². The summed E-state index contributed by atoms with van der Waals surface area (Å²) < 4.78 is 29.2. The van der Waals surface area contributed by atoms with Crippen molar-refractivity contribution in [3.05, 3.63) is 58.8 Å². The number of carbonyl (C=O) groups is 1. The van der Waals surface area contributed by atoms with E-state index in [1.165, 1.54) is 0 Å². The summed E-state index contributed by atoms with van der Waals surface area (Å²) >= 11 is 0. The van der Waals surface area contributed by atoms with Gasteiger partial charge in [0, 0.05) is 52.9 Å². The molecule has 2 aliphatic rings. The van der Waals surface area contributed by atoms with Crippen molar-refractivity contribution in [2.24, 2.45) is 0 Å². The van der Waals surface area contributed by atoms with Crippen molar-refractivity contribution >= 4 is 32.2 Å². The van der Waals surface area contributed by atoms with E-state index in [1.54, 1.807) is 0 Å². The van der Waals surface area contributed by atoms with Crippen molar-refractivity contribution in [2.45, 2.75) is 19.3 Å². The molecule has 1 saturated heterocycles. The summed E-state index contributed by atoms with van der Waals surface area (Å²) in [5, 5.41) is 0.891. The summed E-state index contributed by atoms with van der Waals surface area (Å²) in [5.74, 6) is 1.13. The molecule has 3 aromatic rings. The number of nitrogens with zero attached hydrogens (tertiary/aromatic N) is 1. The Labute approximate surface area is 187 Å². The number of carbonyl (C=O) groups excluding carboxylic acids is 1. The number of hydrogen-bond donors (Lipinski definition) is 2. The number of nitrogen functional groups attached to an aromatic ring is 1. The Balaban J connectivity index is 1.39. The topological polar surface area (TPSA) is 105 Å². The molecule has 5 rings (SSSR count). The third-order valence-electron chi connectivity index (χ3n) is 6.70. The van der Waals surface area contributed by atoms with Crippen LogP contribution in [0.15, 0.2) is 36.4 Å². The SMILES string of the molecule is CC1(C)c2cc(OCCN3CCS(=O)(=O)CC3)ccc2C(=O)c2c1[nH]c1cc(N)ccc21. The molecule has 168 valence electrons. The highest BCUT2D eigenvalue weighted by atomic mass is 32.2. The van der Waals surface area contributed by atoms with Gasteiger partial charge in [-0.05, 0) is 35.9 Å². The van der Waals surface area contributed by atoms with Crippen LogP contribution in [-0.2, 0) is 15.3 Å². The van der Waals surface area contributed by atoms with E-state index in [2.05, 4.69) is 23.7 Å². The van der Waals surface area contributed by atoms with Crippen LogP contribution >= 0.6 is 0 Å². The molecule has 1 aliphatic heterocycles. The van der Waals surface area contributed by atoms with E-state index in [0.717, 1.165) is 22.2 Å². The quantitative estimate of drug-likeness (QED) is 0.589. The standard InChI is InChI=1S/C24H27N3O4S/c1-24(2)19-14-16(31-10-7-27-8-11-32(29,30)12-9-27)4-6-17(19)22(28)21-18-5-3-15(25)13-20(18)26-23(21)24/h3-6,13-14,26H,7-12,25H2,1-2H3. The Morgan fingerprint density at radius 2 is 1.88 bits per heavy atom. The number of aromatic nitrogens is 1. The number of ether oxygens (including phenoxy) is 1. The number of hydrogen-bond acceptors (Lipinski definition) is 6. The van der Waals surface area contributed by atoms with Gasteiger partial charge in [0.05, 0.1) is 17.1 Å². The van der Waals surface area contributed by atoms with Gasteiger partial charge in [0.1, 0.15) is 12.4 Å². The first-order valence-corrected chi connectivity index (χ1v) is 12.6. The molecule has 7 nitrogen and oxygen atoms in total. The molecule has 1 aliphatic carbocycles. The molecule has 1 fully saturated rings. The first kappa shape index (κ1) is 21.0. The summed E-state index contributed by atoms with van der Waals surface area (Å²) in [7, 11) is -2.88. The highest BCUT2D eigenvalue weighted by Gasteiger charge is 2.39. The zero-order valence-corrected chi connectivity index (χ0v) is 19.1. The summed E-state index contributed by atoms with van der Waals surface area (Å²) in [6, 6.07) is 11.2. The van der Waals surface area contributed by atoms with Crippen LogP contribution in [-0.4, -0.2) is 61.8 Å². The number of rotatable bonds is 4. The molecule has 0 bridgehead atoms. The minimum absolute atomic E-state index is 0.00595. The van der Waals surface area contributed by atoms with Crippen molar-refractivity contribution in [3.8, 4) is 5.75 Å². The molecule has 0 radical (unpaired) electrons. The van der Waals surface area contributed by atoms with E-state index in [1.807, 2.05) is 36.4 Å². The van der Waals surface area contributed by atoms with Gasteiger partial charge in [-0.2, -0.15) is 0 Å². The fourth-order valence-corrected chi connectivity index (χ4v) is 6.06. The molecule has 0 atom stereocenters. The minimum atomic E-state index is -2.88. The molecule has 0 amide bonds. The van der Waals surface area contributed by atoms with Crippen LogP contribution in [0.3, 0.4) is 0 Å². The van der Waals surface area contributed by atoms with Gasteiger partial charge in [-0.25, -0.2) is 8.42 Å². The second-order valence-electron chi connectivity index (χ2n) is 9.18. The second kappa shape index (κ2) is 7.35.